The summed E-state index contributed by atoms with van der Waals surface area (Å²) in [6, 6.07) is 28.2. The van der Waals surface area contributed by atoms with E-state index in [0.717, 1.165) is 44.0 Å². The van der Waals surface area contributed by atoms with Crippen molar-refractivity contribution in [2.24, 2.45) is 0 Å². The zero-order valence-electron chi connectivity index (χ0n) is 20.7. The topological polar surface area (TPSA) is 49.0 Å². The molecular formula is C32H25N3O2. The molecule has 0 aliphatic heterocycles. The summed E-state index contributed by atoms with van der Waals surface area (Å²) in [6.45, 7) is 6.10. The fourth-order valence-corrected chi connectivity index (χ4v) is 5.21. The third-order valence-corrected chi connectivity index (χ3v) is 6.74. The van der Waals surface area contributed by atoms with Crippen LogP contribution in [-0.2, 0) is 4.74 Å². The first kappa shape index (κ1) is 22.6. The smallest absolute Gasteiger partial charge is 0.338 e. The van der Waals surface area contributed by atoms with Crippen LogP contribution >= 0.6 is 0 Å². The van der Waals surface area contributed by atoms with E-state index in [4.69, 9.17) is 9.72 Å². The van der Waals surface area contributed by atoms with Crippen molar-refractivity contribution < 1.29 is 9.53 Å². The number of nitrogens with zero attached hydrogens (tertiary/aromatic N) is 3. The van der Waals surface area contributed by atoms with Crippen molar-refractivity contribution in [3.05, 3.63) is 114 Å². The van der Waals surface area contributed by atoms with Crippen LogP contribution in [0.15, 0.2) is 97.6 Å². The highest BCUT2D eigenvalue weighted by atomic mass is 16.5. The first-order valence-corrected chi connectivity index (χ1v) is 12.1. The summed E-state index contributed by atoms with van der Waals surface area (Å²) in [5.74, 6) is 0.827. The Balaban J connectivity index is 1.73. The molecule has 0 bridgehead atoms. The number of allylic oxidation sites excluding steroid dienone is 1. The van der Waals surface area contributed by atoms with Gasteiger partial charge in [-0.2, -0.15) is 0 Å². The Hall–Kier alpha value is -4.90. The largest absolute Gasteiger partial charge is 0.465 e. The highest BCUT2D eigenvalue weighted by Crippen LogP contribution is 2.34. The number of methoxy groups -OCH3 is 1. The Bertz CT molecular complexity index is 1820. The van der Waals surface area contributed by atoms with E-state index < -0.39 is 5.97 Å². The number of hydrogen-bond acceptors (Lipinski definition) is 3. The Kier molecular flexibility index (Phi) is 5.46. The van der Waals surface area contributed by atoms with Crippen LogP contribution in [-0.4, -0.2) is 27.2 Å². The monoisotopic (exact) mass is 483 g/mol. The first-order chi connectivity index (χ1) is 18.2. The van der Waals surface area contributed by atoms with Gasteiger partial charge in [-0.25, -0.2) is 9.78 Å². The molecule has 5 heteroatoms. The van der Waals surface area contributed by atoms with Gasteiger partial charge in [0, 0.05) is 21.7 Å². The van der Waals surface area contributed by atoms with Crippen LogP contribution in [0.4, 0.5) is 0 Å². The van der Waals surface area contributed by atoms with E-state index in [1.165, 1.54) is 7.11 Å². The molecule has 0 atom stereocenters. The molecule has 6 rings (SSSR count). The molecule has 180 valence electrons. The summed E-state index contributed by atoms with van der Waals surface area (Å²) < 4.78 is 9.31. The number of pyridine rings is 1. The molecule has 0 fully saturated rings. The summed E-state index contributed by atoms with van der Waals surface area (Å²) in [5, 5.41) is 3.33. The van der Waals surface area contributed by atoms with Gasteiger partial charge in [0.1, 0.15) is 11.6 Å². The van der Waals surface area contributed by atoms with Crippen LogP contribution in [0.5, 0.6) is 0 Å². The zero-order chi connectivity index (χ0) is 25.5. The summed E-state index contributed by atoms with van der Waals surface area (Å²) in [7, 11) is 1.40. The number of carbonyl (C=O) groups excluding carboxylic acids is 1. The van der Waals surface area contributed by atoms with E-state index in [9.17, 15) is 4.79 Å². The molecule has 5 nitrogen and oxygen atoms in total. The molecule has 37 heavy (non-hydrogen) atoms. The quantitative estimate of drug-likeness (QED) is 0.237. The molecule has 0 aliphatic rings. The zero-order valence-corrected chi connectivity index (χ0v) is 20.7. The predicted molar refractivity (Wildman–Crippen MR) is 152 cm³/mol. The molecule has 0 saturated heterocycles. The summed E-state index contributed by atoms with van der Waals surface area (Å²) in [6.07, 6.45) is 5.93. The maximum Gasteiger partial charge on any atom is 0.338 e. The molecule has 0 aliphatic carbocycles. The standard InChI is InChI=1S/C32H25N3O2/c1-4-12-22-23-13-6-9-16-27(23)34(26(22)5-2)30-19-21(32(36)37-3)20-31(33-30)35-28-17-10-7-14-24(28)25-15-8-11-18-29(25)35/h4-20H,2H2,1,3H3. The third kappa shape index (κ3) is 3.47. The molecule has 0 amide bonds. The van der Waals surface area contributed by atoms with Crippen molar-refractivity contribution in [2.75, 3.05) is 7.11 Å². The van der Waals surface area contributed by atoms with Crippen molar-refractivity contribution in [1.82, 2.24) is 14.1 Å². The SMILES string of the molecule is C=Cc1c(C=CC)c2ccccc2n1-c1cc(C(=O)OC)cc(-n2c3ccccc3c3ccccc32)n1. The lowest BCUT2D eigenvalue weighted by Gasteiger charge is -2.14. The maximum atomic E-state index is 12.9. The van der Waals surface area contributed by atoms with Crippen LogP contribution in [0.1, 0.15) is 28.5 Å². The number of esters is 1. The van der Waals surface area contributed by atoms with Crippen LogP contribution in [0.25, 0.3) is 56.5 Å². The number of rotatable bonds is 5. The highest BCUT2D eigenvalue weighted by Gasteiger charge is 2.20. The van der Waals surface area contributed by atoms with E-state index in [-0.39, 0.29) is 0 Å². The number of benzene rings is 3. The van der Waals surface area contributed by atoms with Gasteiger partial charge in [0.15, 0.2) is 0 Å². The van der Waals surface area contributed by atoms with E-state index in [1.54, 1.807) is 12.1 Å². The average molecular weight is 484 g/mol. The Morgan fingerprint density at radius 2 is 1.32 bits per heavy atom. The minimum absolute atomic E-state index is 0.420. The van der Waals surface area contributed by atoms with Crippen molar-refractivity contribution in [1.29, 1.82) is 0 Å². The van der Waals surface area contributed by atoms with Gasteiger partial charge in [-0.3, -0.25) is 9.13 Å². The van der Waals surface area contributed by atoms with Gasteiger partial charge in [-0.05, 0) is 43.3 Å². The average Bonchev–Trinajstić information content (AvgIpc) is 3.45. The Labute approximate surface area is 214 Å². The fourth-order valence-electron chi connectivity index (χ4n) is 5.21. The molecule has 0 N–H and O–H groups in total. The predicted octanol–water partition coefficient (Wildman–Crippen LogP) is 7.59. The second-order valence-electron chi connectivity index (χ2n) is 8.79. The van der Waals surface area contributed by atoms with Crippen molar-refractivity contribution >= 4 is 50.8 Å². The first-order valence-electron chi connectivity index (χ1n) is 12.1. The van der Waals surface area contributed by atoms with Gasteiger partial charge in [-0.1, -0.05) is 73.3 Å². The molecule has 0 spiro atoms. The molecule has 0 saturated carbocycles. The number of fused-ring (bicyclic) bond motifs is 4. The molecule has 3 heterocycles. The summed E-state index contributed by atoms with van der Waals surface area (Å²) in [5.41, 5.74) is 5.39. The lowest BCUT2D eigenvalue weighted by molar-refractivity contribution is 0.0600. The Morgan fingerprint density at radius 3 is 1.86 bits per heavy atom. The molecule has 3 aromatic carbocycles. The van der Waals surface area contributed by atoms with Crippen LogP contribution in [0.2, 0.25) is 0 Å². The second kappa shape index (κ2) is 8.95. The van der Waals surface area contributed by atoms with E-state index in [1.807, 2.05) is 55.5 Å². The molecule has 3 aromatic heterocycles. The van der Waals surface area contributed by atoms with Crippen molar-refractivity contribution in [3.8, 4) is 11.6 Å². The van der Waals surface area contributed by atoms with Crippen LogP contribution in [0.3, 0.4) is 0 Å². The van der Waals surface area contributed by atoms with Gasteiger partial charge < -0.3 is 4.74 Å². The van der Waals surface area contributed by atoms with Gasteiger partial charge in [0.2, 0.25) is 0 Å². The van der Waals surface area contributed by atoms with Crippen molar-refractivity contribution in [3.63, 3.8) is 0 Å². The summed E-state index contributed by atoms with van der Waals surface area (Å²) >= 11 is 0. The van der Waals surface area contributed by atoms with E-state index in [2.05, 4.69) is 58.2 Å². The number of aromatic nitrogens is 3. The minimum Gasteiger partial charge on any atom is -0.465 e. The van der Waals surface area contributed by atoms with Gasteiger partial charge in [0.05, 0.1) is 34.9 Å². The van der Waals surface area contributed by atoms with Gasteiger partial charge >= 0.3 is 5.97 Å². The molecule has 0 radical (unpaired) electrons. The van der Waals surface area contributed by atoms with Gasteiger partial charge in [-0.15, -0.1) is 0 Å². The van der Waals surface area contributed by atoms with Crippen LogP contribution < -0.4 is 0 Å². The highest BCUT2D eigenvalue weighted by molar-refractivity contribution is 6.09. The lowest BCUT2D eigenvalue weighted by Crippen LogP contribution is -2.10. The molecule has 0 unspecified atom stereocenters. The van der Waals surface area contributed by atoms with E-state index >= 15 is 0 Å². The number of carbonyl (C=O) groups is 1. The maximum absolute atomic E-state index is 12.9. The van der Waals surface area contributed by atoms with E-state index in [0.29, 0.717) is 17.2 Å². The van der Waals surface area contributed by atoms with Gasteiger partial charge in [0.25, 0.3) is 0 Å². The normalized spacial score (nSPS) is 11.6. The third-order valence-electron chi connectivity index (χ3n) is 6.74. The Morgan fingerprint density at radius 1 is 0.811 bits per heavy atom. The number of hydrogen-bond donors (Lipinski definition) is 0. The number of para-hydroxylation sites is 3. The number of ether oxygens (including phenoxy) is 1. The molecule has 6 aromatic rings. The summed E-state index contributed by atoms with van der Waals surface area (Å²) in [4.78, 5) is 18.0. The fraction of sp³-hybridized carbons (Fsp3) is 0.0625. The van der Waals surface area contributed by atoms with Crippen molar-refractivity contribution in [2.45, 2.75) is 6.92 Å². The lowest BCUT2D eigenvalue weighted by atomic mass is 10.1. The minimum atomic E-state index is -0.420. The molecular weight excluding hydrogens is 458 g/mol. The second-order valence-corrected chi connectivity index (χ2v) is 8.79. The van der Waals surface area contributed by atoms with Crippen LogP contribution in [0, 0.1) is 0 Å².